The molecular weight excluding hydrogens is 406 g/mol. The van der Waals surface area contributed by atoms with Gasteiger partial charge in [0.15, 0.2) is 0 Å². The molecular formula is C26H30ClN3O. The van der Waals surface area contributed by atoms with E-state index in [0.29, 0.717) is 0 Å². The second-order valence-electron chi connectivity index (χ2n) is 7.94. The number of ether oxygens (including phenoxy) is 1. The average Bonchev–Trinajstić information content (AvgIpc) is 2.84. The number of halogens is 1. The van der Waals surface area contributed by atoms with E-state index >= 15 is 0 Å². The molecule has 4 nitrogen and oxygen atoms in total. The van der Waals surface area contributed by atoms with Crippen molar-refractivity contribution in [2.24, 2.45) is 0 Å². The Hall–Kier alpha value is -2.40. The number of benzene rings is 2. The van der Waals surface area contributed by atoms with E-state index in [-0.39, 0.29) is 6.10 Å². The molecule has 0 bridgehead atoms. The topological polar surface area (TPSA) is 28.6 Å². The zero-order valence-electron chi connectivity index (χ0n) is 17.9. The minimum absolute atomic E-state index is 0.0552. The Labute approximate surface area is 190 Å². The molecule has 1 aromatic heterocycles. The molecule has 0 saturated carbocycles. The van der Waals surface area contributed by atoms with Gasteiger partial charge in [0.1, 0.15) is 11.9 Å². The van der Waals surface area contributed by atoms with Crippen LogP contribution in [-0.2, 0) is 4.74 Å². The molecule has 1 aliphatic rings. The Morgan fingerprint density at radius 1 is 0.806 bits per heavy atom. The molecule has 3 aromatic rings. The van der Waals surface area contributed by atoms with Gasteiger partial charge < -0.3 is 9.64 Å². The second kappa shape index (κ2) is 11.3. The lowest BCUT2D eigenvalue weighted by Gasteiger charge is -2.35. The van der Waals surface area contributed by atoms with Crippen LogP contribution in [-0.4, -0.2) is 49.2 Å². The van der Waals surface area contributed by atoms with E-state index in [4.69, 9.17) is 16.3 Å². The van der Waals surface area contributed by atoms with Crippen LogP contribution >= 0.6 is 11.6 Å². The maximum absolute atomic E-state index is 6.34. The number of hydrogen-bond acceptors (Lipinski definition) is 4. The van der Waals surface area contributed by atoms with Crippen LogP contribution in [0.3, 0.4) is 0 Å². The first-order chi connectivity index (χ1) is 15.3. The van der Waals surface area contributed by atoms with Gasteiger partial charge in [-0.15, -0.1) is 0 Å². The van der Waals surface area contributed by atoms with Crippen molar-refractivity contribution in [3.8, 4) is 0 Å². The monoisotopic (exact) mass is 435 g/mol. The van der Waals surface area contributed by atoms with Gasteiger partial charge in [-0.2, -0.15) is 0 Å². The highest BCUT2D eigenvalue weighted by molar-refractivity contribution is 6.30. The first-order valence-electron chi connectivity index (χ1n) is 11.1. The van der Waals surface area contributed by atoms with Crippen molar-refractivity contribution < 1.29 is 4.74 Å². The molecule has 0 radical (unpaired) electrons. The zero-order chi connectivity index (χ0) is 21.3. The summed E-state index contributed by atoms with van der Waals surface area (Å²) in [5.41, 5.74) is 2.32. The van der Waals surface area contributed by atoms with E-state index in [1.807, 2.05) is 30.5 Å². The van der Waals surface area contributed by atoms with Gasteiger partial charge in [-0.25, -0.2) is 4.98 Å². The Balaban J connectivity index is 1.21. The smallest absolute Gasteiger partial charge is 0.128 e. The number of rotatable bonds is 9. The predicted molar refractivity (Wildman–Crippen MR) is 128 cm³/mol. The molecule has 1 atom stereocenters. The number of anilines is 1. The average molecular weight is 436 g/mol. The minimum atomic E-state index is -0.0552. The van der Waals surface area contributed by atoms with Crippen LogP contribution in [0.1, 0.15) is 30.1 Å². The molecule has 5 heteroatoms. The summed E-state index contributed by atoms with van der Waals surface area (Å²) in [5, 5.41) is 0.749. The van der Waals surface area contributed by atoms with Crippen LogP contribution < -0.4 is 4.90 Å². The molecule has 1 saturated heterocycles. The minimum Gasteiger partial charge on any atom is -0.369 e. The predicted octanol–water partition coefficient (Wildman–Crippen LogP) is 5.44. The van der Waals surface area contributed by atoms with Gasteiger partial charge in [0, 0.05) is 44.0 Å². The van der Waals surface area contributed by atoms with E-state index in [1.54, 1.807) is 0 Å². The van der Waals surface area contributed by atoms with Crippen LogP contribution in [0.25, 0.3) is 0 Å². The summed E-state index contributed by atoms with van der Waals surface area (Å²) in [4.78, 5) is 9.39. The Bertz CT molecular complexity index is 897. The molecule has 2 aromatic carbocycles. The third-order valence-corrected chi connectivity index (χ3v) is 6.03. The van der Waals surface area contributed by atoms with Gasteiger partial charge in [-0.05, 0) is 54.8 Å². The fourth-order valence-electron chi connectivity index (χ4n) is 4.03. The van der Waals surface area contributed by atoms with E-state index < -0.39 is 0 Å². The van der Waals surface area contributed by atoms with Crippen LogP contribution in [0.5, 0.6) is 0 Å². The summed E-state index contributed by atoms with van der Waals surface area (Å²) in [5.74, 6) is 1.09. The molecule has 31 heavy (non-hydrogen) atoms. The van der Waals surface area contributed by atoms with Crippen molar-refractivity contribution in [3.63, 3.8) is 0 Å². The molecule has 0 spiro atoms. The number of pyridine rings is 1. The second-order valence-corrected chi connectivity index (χ2v) is 8.37. The standard InChI is InChI=1S/C26H30ClN3O/c27-24-13-11-23(12-14-24)26(22-8-2-1-3-9-22)31-21-7-6-16-29-17-19-30(20-18-29)25-10-4-5-15-28-25/h1-5,8-15,26H,6-7,16-21H2. The molecule has 1 fully saturated rings. The molecule has 162 valence electrons. The van der Waals surface area contributed by atoms with Crippen LogP contribution in [0.15, 0.2) is 79.0 Å². The molecule has 0 N–H and O–H groups in total. The SMILES string of the molecule is Clc1ccc(C(OCCCCN2CCN(c3ccccn3)CC2)c2ccccc2)cc1. The zero-order valence-corrected chi connectivity index (χ0v) is 18.6. The Morgan fingerprint density at radius 3 is 2.23 bits per heavy atom. The highest BCUT2D eigenvalue weighted by Gasteiger charge is 2.18. The van der Waals surface area contributed by atoms with Crippen molar-refractivity contribution in [2.45, 2.75) is 18.9 Å². The lowest BCUT2D eigenvalue weighted by Crippen LogP contribution is -2.46. The first-order valence-corrected chi connectivity index (χ1v) is 11.5. The Kier molecular flexibility index (Phi) is 7.94. The van der Waals surface area contributed by atoms with Gasteiger partial charge in [0.25, 0.3) is 0 Å². The molecule has 2 heterocycles. The largest absolute Gasteiger partial charge is 0.369 e. The molecule has 0 aliphatic carbocycles. The number of nitrogens with zero attached hydrogens (tertiary/aromatic N) is 3. The summed E-state index contributed by atoms with van der Waals surface area (Å²) in [6, 6.07) is 24.5. The van der Waals surface area contributed by atoms with E-state index in [1.165, 1.54) is 5.56 Å². The lowest BCUT2D eigenvalue weighted by molar-refractivity contribution is 0.0751. The number of hydrogen-bond donors (Lipinski definition) is 0. The van der Waals surface area contributed by atoms with Gasteiger partial charge in [0.05, 0.1) is 0 Å². The fourth-order valence-corrected chi connectivity index (χ4v) is 4.16. The maximum atomic E-state index is 6.34. The molecule has 1 aliphatic heterocycles. The summed E-state index contributed by atoms with van der Waals surface area (Å²) in [6.07, 6.45) is 4.01. The molecule has 0 amide bonds. The van der Waals surface area contributed by atoms with Crippen molar-refractivity contribution in [1.29, 1.82) is 0 Å². The normalized spacial score (nSPS) is 15.7. The van der Waals surface area contributed by atoms with Gasteiger partial charge in [-0.3, -0.25) is 4.90 Å². The molecule has 1 unspecified atom stereocenters. The van der Waals surface area contributed by atoms with Crippen molar-refractivity contribution >= 4 is 17.4 Å². The van der Waals surface area contributed by atoms with Crippen molar-refractivity contribution in [1.82, 2.24) is 9.88 Å². The Morgan fingerprint density at radius 2 is 1.52 bits per heavy atom. The van der Waals surface area contributed by atoms with Crippen LogP contribution in [0.4, 0.5) is 5.82 Å². The van der Waals surface area contributed by atoms with Gasteiger partial charge in [0.2, 0.25) is 0 Å². The third-order valence-electron chi connectivity index (χ3n) is 5.77. The number of aromatic nitrogens is 1. The third kappa shape index (κ3) is 6.30. The summed E-state index contributed by atoms with van der Waals surface area (Å²) in [6.45, 7) is 6.14. The van der Waals surface area contributed by atoms with Gasteiger partial charge >= 0.3 is 0 Å². The van der Waals surface area contributed by atoms with E-state index in [2.05, 4.69) is 63.3 Å². The number of unbranched alkanes of at least 4 members (excludes halogenated alkanes) is 1. The molecule has 4 rings (SSSR count). The van der Waals surface area contributed by atoms with Crippen molar-refractivity contribution in [3.05, 3.63) is 95.1 Å². The van der Waals surface area contributed by atoms with E-state index in [9.17, 15) is 0 Å². The van der Waals surface area contributed by atoms with Gasteiger partial charge in [-0.1, -0.05) is 60.1 Å². The summed E-state index contributed by atoms with van der Waals surface area (Å²) < 4.78 is 6.34. The van der Waals surface area contributed by atoms with Crippen molar-refractivity contribution in [2.75, 3.05) is 44.2 Å². The highest BCUT2D eigenvalue weighted by Crippen LogP contribution is 2.27. The summed E-state index contributed by atoms with van der Waals surface area (Å²) >= 11 is 6.07. The van der Waals surface area contributed by atoms with Crippen LogP contribution in [0, 0.1) is 0 Å². The number of piperazine rings is 1. The highest BCUT2D eigenvalue weighted by atomic mass is 35.5. The first kappa shape index (κ1) is 21.8. The quantitative estimate of drug-likeness (QED) is 0.418. The lowest BCUT2D eigenvalue weighted by atomic mass is 10.0. The maximum Gasteiger partial charge on any atom is 0.128 e. The summed E-state index contributed by atoms with van der Waals surface area (Å²) in [7, 11) is 0. The fraction of sp³-hybridized carbons (Fsp3) is 0.346. The van der Waals surface area contributed by atoms with Crippen LogP contribution in [0.2, 0.25) is 5.02 Å². The van der Waals surface area contributed by atoms with E-state index in [0.717, 1.165) is 68.6 Å².